The average Bonchev–Trinajstić information content (AvgIpc) is 2.81. The van der Waals surface area contributed by atoms with Gasteiger partial charge in [0.1, 0.15) is 5.75 Å². The Bertz CT molecular complexity index is 372. The van der Waals surface area contributed by atoms with Gasteiger partial charge in [0.25, 0.3) is 0 Å². The molecule has 2 rings (SSSR count). The maximum Gasteiger partial charge on any atom is 0.124 e. The van der Waals surface area contributed by atoms with Crippen LogP contribution in [0.3, 0.4) is 0 Å². The molecule has 2 atom stereocenters. The molecule has 0 aromatic heterocycles. The van der Waals surface area contributed by atoms with Crippen molar-refractivity contribution in [1.82, 2.24) is 5.32 Å². The molecule has 0 radical (unpaired) electrons. The third kappa shape index (κ3) is 2.79. The van der Waals surface area contributed by atoms with Crippen molar-refractivity contribution < 1.29 is 9.84 Å². The molecule has 0 spiro atoms. The van der Waals surface area contributed by atoms with Crippen molar-refractivity contribution in [3.8, 4) is 5.75 Å². The smallest absolute Gasteiger partial charge is 0.124 e. The van der Waals surface area contributed by atoms with Gasteiger partial charge in [-0.3, -0.25) is 0 Å². The number of hydrogen-bond acceptors (Lipinski definition) is 3. The van der Waals surface area contributed by atoms with Gasteiger partial charge in [0, 0.05) is 11.6 Å². The monoisotopic (exact) mass is 235 g/mol. The lowest BCUT2D eigenvalue weighted by Crippen LogP contribution is -2.24. The van der Waals surface area contributed by atoms with E-state index in [0.717, 1.165) is 36.3 Å². The van der Waals surface area contributed by atoms with E-state index in [1.807, 2.05) is 25.1 Å². The summed E-state index contributed by atoms with van der Waals surface area (Å²) in [5.41, 5.74) is 2.03. The van der Waals surface area contributed by atoms with Gasteiger partial charge in [0.05, 0.1) is 13.2 Å². The van der Waals surface area contributed by atoms with E-state index in [0.29, 0.717) is 6.04 Å². The van der Waals surface area contributed by atoms with Crippen molar-refractivity contribution >= 4 is 0 Å². The topological polar surface area (TPSA) is 41.5 Å². The predicted molar refractivity (Wildman–Crippen MR) is 68.3 cm³/mol. The van der Waals surface area contributed by atoms with Crippen molar-refractivity contribution in [3.05, 3.63) is 29.3 Å². The summed E-state index contributed by atoms with van der Waals surface area (Å²) in [6, 6.07) is 6.32. The molecule has 1 heterocycles. The van der Waals surface area contributed by atoms with Crippen LogP contribution in [0.25, 0.3) is 0 Å². The molecule has 2 N–H and O–H groups in total. The number of aryl methyl sites for hydroxylation is 1. The number of methoxy groups -OCH3 is 1. The van der Waals surface area contributed by atoms with Crippen molar-refractivity contribution in [2.75, 3.05) is 13.7 Å². The Hall–Kier alpha value is -1.06. The zero-order valence-corrected chi connectivity index (χ0v) is 10.6. The molecule has 0 bridgehead atoms. The summed E-state index contributed by atoms with van der Waals surface area (Å²) in [7, 11) is 1.65. The minimum absolute atomic E-state index is 0.439. The molecule has 94 valence electrons. The van der Waals surface area contributed by atoms with Crippen LogP contribution in [-0.4, -0.2) is 24.8 Å². The van der Waals surface area contributed by atoms with E-state index in [9.17, 15) is 5.11 Å². The molecule has 1 aromatic rings. The second-order valence-electron chi connectivity index (χ2n) is 4.74. The van der Waals surface area contributed by atoms with Crippen LogP contribution in [0.1, 0.15) is 36.5 Å². The Balaban J connectivity index is 2.14. The zero-order valence-electron chi connectivity index (χ0n) is 10.6. The van der Waals surface area contributed by atoms with Gasteiger partial charge in [0.2, 0.25) is 0 Å². The molecule has 17 heavy (non-hydrogen) atoms. The van der Waals surface area contributed by atoms with Crippen molar-refractivity contribution in [3.63, 3.8) is 0 Å². The summed E-state index contributed by atoms with van der Waals surface area (Å²) in [5.74, 6) is 0.787. The van der Waals surface area contributed by atoms with Gasteiger partial charge in [-0.05, 0) is 44.4 Å². The summed E-state index contributed by atoms with van der Waals surface area (Å²) in [6.45, 7) is 3.09. The molecule has 0 saturated carbocycles. The van der Waals surface area contributed by atoms with E-state index in [1.54, 1.807) is 7.11 Å². The fourth-order valence-electron chi connectivity index (χ4n) is 2.60. The molecule has 3 nitrogen and oxygen atoms in total. The highest BCUT2D eigenvalue weighted by molar-refractivity contribution is 5.41. The molecule has 0 aliphatic carbocycles. The maximum absolute atomic E-state index is 10.4. The number of benzene rings is 1. The van der Waals surface area contributed by atoms with Gasteiger partial charge in [-0.25, -0.2) is 0 Å². The Morgan fingerprint density at radius 2 is 2.35 bits per heavy atom. The predicted octanol–water partition coefficient (Wildman–Crippen LogP) is 2.18. The lowest BCUT2D eigenvalue weighted by atomic mass is 9.96. The molecule has 1 fully saturated rings. The zero-order chi connectivity index (χ0) is 12.3. The third-order valence-electron chi connectivity index (χ3n) is 3.51. The third-order valence-corrected chi connectivity index (χ3v) is 3.51. The summed E-state index contributed by atoms with van der Waals surface area (Å²) in [6.07, 6.45) is 2.69. The van der Waals surface area contributed by atoms with Gasteiger partial charge >= 0.3 is 0 Å². The van der Waals surface area contributed by atoms with Crippen LogP contribution < -0.4 is 10.1 Å². The normalized spacial score (nSPS) is 21.5. The number of ether oxygens (including phenoxy) is 1. The summed E-state index contributed by atoms with van der Waals surface area (Å²) in [4.78, 5) is 0. The molecule has 1 saturated heterocycles. The number of aliphatic hydroxyl groups excluding tert-OH is 1. The average molecular weight is 235 g/mol. The lowest BCUT2D eigenvalue weighted by molar-refractivity contribution is 0.150. The van der Waals surface area contributed by atoms with E-state index < -0.39 is 6.10 Å². The van der Waals surface area contributed by atoms with Gasteiger partial charge in [-0.15, -0.1) is 0 Å². The lowest BCUT2D eigenvalue weighted by Gasteiger charge is -2.20. The van der Waals surface area contributed by atoms with Crippen molar-refractivity contribution in [2.45, 2.75) is 38.3 Å². The van der Waals surface area contributed by atoms with E-state index in [1.165, 1.54) is 6.42 Å². The molecule has 3 heteroatoms. The van der Waals surface area contributed by atoms with Crippen LogP contribution in [0.15, 0.2) is 18.2 Å². The highest BCUT2D eigenvalue weighted by Gasteiger charge is 2.22. The highest BCUT2D eigenvalue weighted by atomic mass is 16.5. The van der Waals surface area contributed by atoms with E-state index in [2.05, 4.69) is 5.32 Å². The largest absolute Gasteiger partial charge is 0.496 e. The van der Waals surface area contributed by atoms with Crippen LogP contribution in [-0.2, 0) is 0 Å². The molecule has 1 aromatic carbocycles. The van der Waals surface area contributed by atoms with E-state index in [4.69, 9.17) is 4.74 Å². The molecule has 1 aliphatic rings. The minimum atomic E-state index is -0.443. The van der Waals surface area contributed by atoms with Gasteiger partial charge in [-0.1, -0.05) is 12.1 Å². The molecular weight excluding hydrogens is 214 g/mol. The Morgan fingerprint density at radius 3 is 3.00 bits per heavy atom. The van der Waals surface area contributed by atoms with Crippen LogP contribution in [0.4, 0.5) is 0 Å². The second kappa shape index (κ2) is 5.52. The van der Waals surface area contributed by atoms with Crippen LogP contribution in [0.5, 0.6) is 5.75 Å². The first kappa shape index (κ1) is 12.4. The fourth-order valence-corrected chi connectivity index (χ4v) is 2.60. The fraction of sp³-hybridized carbons (Fsp3) is 0.571. The number of rotatable bonds is 4. The Kier molecular flexibility index (Phi) is 4.02. The van der Waals surface area contributed by atoms with Gasteiger partial charge in [-0.2, -0.15) is 0 Å². The minimum Gasteiger partial charge on any atom is -0.496 e. The van der Waals surface area contributed by atoms with E-state index >= 15 is 0 Å². The number of aliphatic hydroxyl groups is 1. The standard InChI is InChI=1S/C14H21NO2/c1-10-5-3-7-13(17-2)14(10)12(16)9-11-6-4-8-15-11/h3,5,7,11-12,15-16H,4,6,8-9H2,1-2H3/t11-,12+/m0/s1. The van der Waals surface area contributed by atoms with Crippen LogP contribution in [0, 0.1) is 6.92 Å². The summed E-state index contributed by atoms with van der Waals surface area (Å²) in [5, 5.41) is 13.8. The van der Waals surface area contributed by atoms with Gasteiger partial charge in [0.15, 0.2) is 0 Å². The SMILES string of the molecule is COc1cccc(C)c1[C@H](O)C[C@@H]1CCCN1. The quantitative estimate of drug-likeness (QED) is 0.840. The van der Waals surface area contributed by atoms with Gasteiger partial charge < -0.3 is 15.2 Å². The highest BCUT2D eigenvalue weighted by Crippen LogP contribution is 2.32. The van der Waals surface area contributed by atoms with Crippen molar-refractivity contribution in [2.24, 2.45) is 0 Å². The Labute approximate surface area is 103 Å². The first-order valence-corrected chi connectivity index (χ1v) is 6.27. The van der Waals surface area contributed by atoms with E-state index in [-0.39, 0.29) is 0 Å². The maximum atomic E-state index is 10.4. The van der Waals surface area contributed by atoms with Crippen LogP contribution >= 0.6 is 0 Å². The summed E-state index contributed by atoms with van der Waals surface area (Å²) >= 11 is 0. The second-order valence-corrected chi connectivity index (χ2v) is 4.74. The molecule has 0 unspecified atom stereocenters. The van der Waals surface area contributed by atoms with Crippen LogP contribution in [0.2, 0.25) is 0 Å². The van der Waals surface area contributed by atoms with Crippen molar-refractivity contribution in [1.29, 1.82) is 0 Å². The first-order chi connectivity index (χ1) is 8.22. The number of hydrogen-bond donors (Lipinski definition) is 2. The number of nitrogens with one attached hydrogen (secondary N) is 1. The molecule has 1 aliphatic heterocycles. The molecule has 0 amide bonds. The Morgan fingerprint density at radius 1 is 1.53 bits per heavy atom. The first-order valence-electron chi connectivity index (χ1n) is 6.27. The molecular formula is C14H21NO2. The summed E-state index contributed by atoms with van der Waals surface area (Å²) < 4.78 is 5.33.